The second kappa shape index (κ2) is 7.06. The van der Waals surface area contributed by atoms with Gasteiger partial charge in [-0.05, 0) is 50.4 Å². The number of nitrogens with one attached hydrogen (secondary N) is 1. The van der Waals surface area contributed by atoms with Gasteiger partial charge in [0.1, 0.15) is 0 Å². The number of aryl methyl sites for hydroxylation is 1. The van der Waals surface area contributed by atoms with Crippen molar-refractivity contribution >= 4 is 0 Å². The monoisotopic (exact) mass is 260 g/mol. The van der Waals surface area contributed by atoms with E-state index in [9.17, 15) is 0 Å². The normalized spacial score (nSPS) is 16.8. The van der Waals surface area contributed by atoms with E-state index in [-0.39, 0.29) is 0 Å². The van der Waals surface area contributed by atoms with Gasteiger partial charge in [0, 0.05) is 18.6 Å². The number of rotatable bonds is 8. The van der Waals surface area contributed by atoms with Crippen molar-refractivity contribution in [3.05, 3.63) is 35.4 Å². The smallest absolute Gasteiger partial charge is 0.0446 e. The molecule has 0 radical (unpaired) electrons. The van der Waals surface area contributed by atoms with Crippen LogP contribution in [0.5, 0.6) is 0 Å². The topological polar surface area (TPSA) is 15.3 Å². The summed E-state index contributed by atoms with van der Waals surface area (Å²) in [5.74, 6) is 0. The number of nitrogens with zero attached hydrogens (tertiary/aromatic N) is 1. The van der Waals surface area contributed by atoms with Crippen LogP contribution in [0.2, 0.25) is 0 Å². The molecule has 1 N–H and O–H groups in total. The summed E-state index contributed by atoms with van der Waals surface area (Å²) < 4.78 is 0. The molecule has 0 spiro atoms. The van der Waals surface area contributed by atoms with E-state index in [1.807, 2.05) is 0 Å². The standard InChI is InChI=1S/C17H28N2/c1-4-12-19(16-10-11-16)13-17(18-3)15-8-6-14(5-2)7-9-15/h6-9,16-18H,4-5,10-13H2,1-3H3. The van der Waals surface area contributed by atoms with Gasteiger partial charge in [0.25, 0.3) is 0 Å². The Morgan fingerprint density at radius 2 is 1.89 bits per heavy atom. The average molecular weight is 260 g/mol. The van der Waals surface area contributed by atoms with Gasteiger partial charge in [0.2, 0.25) is 0 Å². The molecule has 0 heterocycles. The maximum absolute atomic E-state index is 3.49. The molecule has 0 aliphatic heterocycles. The molecule has 0 bridgehead atoms. The zero-order valence-corrected chi connectivity index (χ0v) is 12.7. The minimum Gasteiger partial charge on any atom is -0.312 e. The molecular weight excluding hydrogens is 232 g/mol. The first-order valence-corrected chi connectivity index (χ1v) is 7.78. The van der Waals surface area contributed by atoms with Gasteiger partial charge in [-0.25, -0.2) is 0 Å². The molecule has 1 atom stereocenters. The molecule has 0 amide bonds. The molecule has 106 valence electrons. The summed E-state index contributed by atoms with van der Waals surface area (Å²) in [6.45, 7) is 6.86. The molecule has 0 aromatic heterocycles. The van der Waals surface area contributed by atoms with Crippen molar-refractivity contribution in [1.82, 2.24) is 10.2 Å². The Morgan fingerprint density at radius 1 is 1.21 bits per heavy atom. The molecule has 19 heavy (non-hydrogen) atoms. The third-order valence-electron chi connectivity index (χ3n) is 4.13. The highest BCUT2D eigenvalue weighted by atomic mass is 15.2. The minimum absolute atomic E-state index is 0.457. The predicted molar refractivity (Wildman–Crippen MR) is 82.5 cm³/mol. The maximum Gasteiger partial charge on any atom is 0.0446 e. The van der Waals surface area contributed by atoms with Crippen LogP contribution in [0.3, 0.4) is 0 Å². The molecule has 1 aromatic carbocycles. The molecule has 1 fully saturated rings. The molecule has 2 rings (SSSR count). The zero-order valence-electron chi connectivity index (χ0n) is 12.7. The van der Waals surface area contributed by atoms with Gasteiger partial charge < -0.3 is 5.32 Å². The average Bonchev–Trinajstić information content (AvgIpc) is 3.28. The molecule has 2 heteroatoms. The fraction of sp³-hybridized carbons (Fsp3) is 0.647. The molecule has 1 aliphatic rings. The summed E-state index contributed by atoms with van der Waals surface area (Å²) in [5, 5.41) is 3.49. The van der Waals surface area contributed by atoms with Crippen molar-refractivity contribution in [2.45, 2.75) is 51.6 Å². The molecule has 1 saturated carbocycles. The third kappa shape index (κ3) is 4.05. The van der Waals surface area contributed by atoms with Crippen LogP contribution in [-0.4, -0.2) is 31.1 Å². The fourth-order valence-corrected chi connectivity index (χ4v) is 2.73. The first kappa shape index (κ1) is 14.5. The SMILES string of the molecule is CCCN(CC(NC)c1ccc(CC)cc1)C1CC1. The molecular formula is C17H28N2. The fourth-order valence-electron chi connectivity index (χ4n) is 2.73. The summed E-state index contributed by atoms with van der Waals surface area (Å²) in [7, 11) is 2.08. The van der Waals surface area contributed by atoms with Crippen molar-refractivity contribution < 1.29 is 0 Å². The second-order valence-electron chi connectivity index (χ2n) is 5.66. The zero-order chi connectivity index (χ0) is 13.7. The van der Waals surface area contributed by atoms with Crippen molar-refractivity contribution in [3.63, 3.8) is 0 Å². The quantitative estimate of drug-likeness (QED) is 0.771. The van der Waals surface area contributed by atoms with Gasteiger partial charge in [-0.3, -0.25) is 4.90 Å². The van der Waals surface area contributed by atoms with Crippen LogP contribution in [0, 0.1) is 0 Å². The van der Waals surface area contributed by atoms with E-state index in [0.29, 0.717) is 6.04 Å². The molecule has 0 saturated heterocycles. The van der Waals surface area contributed by atoms with Crippen molar-refractivity contribution in [3.8, 4) is 0 Å². The van der Waals surface area contributed by atoms with E-state index in [2.05, 4.69) is 55.4 Å². The summed E-state index contributed by atoms with van der Waals surface area (Å²) in [5.41, 5.74) is 2.84. The largest absolute Gasteiger partial charge is 0.312 e. The number of hydrogen-bond acceptors (Lipinski definition) is 2. The predicted octanol–water partition coefficient (Wildman–Crippen LogP) is 3.38. The van der Waals surface area contributed by atoms with E-state index in [0.717, 1.165) is 19.0 Å². The van der Waals surface area contributed by atoms with E-state index < -0.39 is 0 Å². The van der Waals surface area contributed by atoms with Crippen molar-refractivity contribution in [2.75, 3.05) is 20.1 Å². The molecule has 2 nitrogen and oxygen atoms in total. The Bertz CT molecular complexity index is 367. The van der Waals surface area contributed by atoms with Gasteiger partial charge >= 0.3 is 0 Å². The van der Waals surface area contributed by atoms with Crippen LogP contribution in [-0.2, 0) is 6.42 Å². The molecule has 1 unspecified atom stereocenters. The van der Waals surface area contributed by atoms with Gasteiger partial charge in [0.05, 0.1) is 0 Å². The van der Waals surface area contributed by atoms with Crippen LogP contribution < -0.4 is 5.32 Å². The van der Waals surface area contributed by atoms with E-state index in [1.165, 1.54) is 36.9 Å². The summed E-state index contributed by atoms with van der Waals surface area (Å²) in [4.78, 5) is 2.66. The highest BCUT2D eigenvalue weighted by Gasteiger charge is 2.29. The summed E-state index contributed by atoms with van der Waals surface area (Å²) in [6, 6.07) is 10.4. The first-order valence-electron chi connectivity index (χ1n) is 7.78. The maximum atomic E-state index is 3.49. The Labute approximate surface area is 118 Å². The highest BCUT2D eigenvalue weighted by Crippen LogP contribution is 2.29. The summed E-state index contributed by atoms with van der Waals surface area (Å²) in [6.07, 6.45) is 5.16. The molecule has 1 aromatic rings. The van der Waals surface area contributed by atoms with Gasteiger partial charge in [-0.2, -0.15) is 0 Å². The van der Waals surface area contributed by atoms with E-state index in [1.54, 1.807) is 0 Å². The van der Waals surface area contributed by atoms with Crippen LogP contribution in [0.15, 0.2) is 24.3 Å². The van der Waals surface area contributed by atoms with E-state index >= 15 is 0 Å². The van der Waals surface area contributed by atoms with Crippen LogP contribution in [0.4, 0.5) is 0 Å². The number of likely N-dealkylation sites (N-methyl/N-ethyl adjacent to an activating group) is 1. The van der Waals surface area contributed by atoms with Crippen molar-refractivity contribution in [1.29, 1.82) is 0 Å². The van der Waals surface area contributed by atoms with Gasteiger partial charge in [-0.1, -0.05) is 38.1 Å². The van der Waals surface area contributed by atoms with Gasteiger partial charge in [0.15, 0.2) is 0 Å². The lowest BCUT2D eigenvalue weighted by molar-refractivity contribution is 0.237. The Balaban J connectivity index is 2.00. The van der Waals surface area contributed by atoms with Crippen LogP contribution in [0.1, 0.15) is 50.3 Å². The van der Waals surface area contributed by atoms with E-state index in [4.69, 9.17) is 0 Å². The Hall–Kier alpha value is -0.860. The number of hydrogen-bond donors (Lipinski definition) is 1. The Morgan fingerprint density at radius 3 is 2.37 bits per heavy atom. The van der Waals surface area contributed by atoms with Crippen LogP contribution >= 0.6 is 0 Å². The summed E-state index contributed by atoms with van der Waals surface area (Å²) >= 11 is 0. The lowest BCUT2D eigenvalue weighted by Crippen LogP contribution is -2.35. The Kier molecular flexibility index (Phi) is 5.41. The lowest BCUT2D eigenvalue weighted by atomic mass is 10.0. The third-order valence-corrected chi connectivity index (χ3v) is 4.13. The first-order chi connectivity index (χ1) is 9.28. The molecule has 1 aliphatic carbocycles. The minimum atomic E-state index is 0.457. The second-order valence-corrected chi connectivity index (χ2v) is 5.66. The van der Waals surface area contributed by atoms with Crippen molar-refractivity contribution in [2.24, 2.45) is 0 Å². The highest BCUT2D eigenvalue weighted by molar-refractivity contribution is 5.25. The van der Waals surface area contributed by atoms with Gasteiger partial charge in [-0.15, -0.1) is 0 Å². The lowest BCUT2D eigenvalue weighted by Gasteiger charge is -2.27. The number of benzene rings is 1. The van der Waals surface area contributed by atoms with Crippen LogP contribution in [0.25, 0.3) is 0 Å².